The number of carbonyl (C=O) groups excluding carboxylic acids is 1. The molecule has 0 spiro atoms. The minimum Gasteiger partial charge on any atom is -0.463 e. The quantitative estimate of drug-likeness (QED) is 0.485. The van der Waals surface area contributed by atoms with Crippen molar-refractivity contribution >= 4 is 5.97 Å². The number of allylic oxidation sites excluding steroid dienone is 2. The van der Waals surface area contributed by atoms with Crippen LogP contribution >= 0.6 is 0 Å². The highest BCUT2D eigenvalue weighted by Gasteiger charge is 2.05. The molecule has 0 aliphatic carbocycles. The van der Waals surface area contributed by atoms with E-state index in [0.717, 1.165) is 12.8 Å². The number of rotatable bonds is 5. The zero-order valence-electron chi connectivity index (χ0n) is 9.09. The van der Waals surface area contributed by atoms with Crippen LogP contribution in [0, 0.1) is 0 Å². The second-order valence-corrected chi connectivity index (χ2v) is 3.51. The minimum atomic E-state index is -0.107. The van der Waals surface area contributed by atoms with Crippen molar-refractivity contribution in [2.24, 2.45) is 0 Å². The van der Waals surface area contributed by atoms with Gasteiger partial charge in [-0.15, -0.1) is 0 Å². The van der Waals surface area contributed by atoms with Crippen molar-refractivity contribution in [1.29, 1.82) is 0 Å². The van der Waals surface area contributed by atoms with Crippen LogP contribution in [0.1, 0.15) is 47.0 Å². The van der Waals surface area contributed by atoms with E-state index >= 15 is 0 Å². The lowest BCUT2D eigenvalue weighted by atomic mass is 10.2. The van der Waals surface area contributed by atoms with E-state index < -0.39 is 0 Å². The van der Waals surface area contributed by atoms with Gasteiger partial charge in [0.1, 0.15) is 0 Å². The monoisotopic (exact) mass is 184 g/mol. The van der Waals surface area contributed by atoms with Crippen LogP contribution in [0.15, 0.2) is 11.6 Å². The Morgan fingerprint density at radius 3 is 2.54 bits per heavy atom. The van der Waals surface area contributed by atoms with Crippen LogP contribution in [0.3, 0.4) is 0 Å². The molecule has 0 aromatic heterocycles. The summed E-state index contributed by atoms with van der Waals surface area (Å²) in [6.45, 7) is 7.89. The summed E-state index contributed by atoms with van der Waals surface area (Å²) in [5, 5.41) is 0. The van der Waals surface area contributed by atoms with Gasteiger partial charge >= 0.3 is 5.97 Å². The lowest BCUT2D eigenvalue weighted by molar-refractivity contribution is -0.148. The molecule has 1 atom stereocenters. The lowest BCUT2D eigenvalue weighted by Crippen LogP contribution is -2.13. The zero-order chi connectivity index (χ0) is 10.3. The van der Waals surface area contributed by atoms with Gasteiger partial charge in [-0.1, -0.05) is 18.6 Å². The summed E-state index contributed by atoms with van der Waals surface area (Å²) in [4.78, 5) is 10.9. The largest absolute Gasteiger partial charge is 0.463 e. The topological polar surface area (TPSA) is 26.3 Å². The van der Waals surface area contributed by atoms with Gasteiger partial charge in [-0.2, -0.15) is 0 Å². The van der Waals surface area contributed by atoms with E-state index in [0.29, 0.717) is 6.42 Å². The Morgan fingerprint density at radius 1 is 1.46 bits per heavy atom. The lowest BCUT2D eigenvalue weighted by Gasteiger charge is -2.10. The SMILES string of the molecule is CCC(=O)OC(C)CCC=C(C)C. The number of hydrogen-bond acceptors (Lipinski definition) is 2. The molecule has 0 saturated carbocycles. The third-order valence-electron chi connectivity index (χ3n) is 1.75. The maximum atomic E-state index is 10.9. The van der Waals surface area contributed by atoms with Crippen molar-refractivity contribution in [3.8, 4) is 0 Å². The maximum absolute atomic E-state index is 10.9. The zero-order valence-corrected chi connectivity index (χ0v) is 9.09. The Labute approximate surface area is 81.0 Å². The molecule has 0 fully saturated rings. The first-order chi connectivity index (χ1) is 6.06. The van der Waals surface area contributed by atoms with Gasteiger partial charge in [0.25, 0.3) is 0 Å². The highest BCUT2D eigenvalue weighted by molar-refractivity contribution is 5.69. The smallest absolute Gasteiger partial charge is 0.305 e. The van der Waals surface area contributed by atoms with Gasteiger partial charge in [0.2, 0.25) is 0 Å². The van der Waals surface area contributed by atoms with Gasteiger partial charge < -0.3 is 4.74 Å². The van der Waals surface area contributed by atoms with Crippen LogP contribution in [0.2, 0.25) is 0 Å². The van der Waals surface area contributed by atoms with E-state index in [4.69, 9.17) is 4.74 Å². The minimum absolute atomic E-state index is 0.0445. The highest BCUT2D eigenvalue weighted by atomic mass is 16.5. The van der Waals surface area contributed by atoms with Gasteiger partial charge in [-0.05, 0) is 33.6 Å². The Balaban J connectivity index is 3.57. The van der Waals surface area contributed by atoms with Crippen molar-refractivity contribution in [2.75, 3.05) is 0 Å². The fourth-order valence-corrected chi connectivity index (χ4v) is 0.973. The fourth-order valence-electron chi connectivity index (χ4n) is 0.973. The Bertz CT molecular complexity index is 179. The number of esters is 1. The molecule has 2 nitrogen and oxygen atoms in total. The van der Waals surface area contributed by atoms with Crippen LogP contribution in [0.25, 0.3) is 0 Å². The molecule has 0 radical (unpaired) electrons. The summed E-state index contributed by atoms with van der Waals surface area (Å²) in [5.41, 5.74) is 1.31. The molecule has 0 aromatic carbocycles. The molecular formula is C11H20O2. The van der Waals surface area contributed by atoms with E-state index in [-0.39, 0.29) is 12.1 Å². The van der Waals surface area contributed by atoms with E-state index in [1.165, 1.54) is 5.57 Å². The van der Waals surface area contributed by atoms with Gasteiger partial charge in [0.15, 0.2) is 0 Å². The standard InChI is InChI=1S/C11H20O2/c1-5-11(12)13-10(4)8-6-7-9(2)3/h7,10H,5-6,8H2,1-4H3. The molecule has 0 aliphatic heterocycles. The first-order valence-corrected chi connectivity index (χ1v) is 4.89. The molecule has 0 aromatic rings. The third-order valence-corrected chi connectivity index (χ3v) is 1.75. The first-order valence-electron chi connectivity index (χ1n) is 4.89. The van der Waals surface area contributed by atoms with Crippen molar-refractivity contribution in [1.82, 2.24) is 0 Å². The molecule has 0 N–H and O–H groups in total. The van der Waals surface area contributed by atoms with Crippen LogP contribution in [-0.2, 0) is 9.53 Å². The number of hydrogen-bond donors (Lipinski definition) is 0. The Morgan fingerprint density at radius 2 is 2.08 bits per heavy atom. The summed E-state index contributed by atoms with van der Waals surface area (Å²) >= 11 is 0. The summed E-state index contributed by atoms with van der Waals surface area (Å²) in [6.07, 6.45) is 4.57. The molecule has 0 bridgehead atoms. The van der Waals surface area contributed by atoms with Gasteiger partial charge in [-0.3, -0.25) is 4.79 Å². The molecule has 76 valence electrons. The van der Waals surface area contributed by atoms with Crippen LogP contribution in [0.5, 0.6) is 0 Å². The van der Waals surface area contributed by atoms with Crippen molar-refractivity contribution < 1.29 is 9.53 Å². The molecule has 2 heteroatoms. The number of carbonyl (C=O) groups is 1. The normalized spacial score (nSPS) is 12.0. The van der Waals surface area contributed by atoms with Crippen LogP contribution in [0.4, 0.5) is 0 Å². The molecule has 0 heterocycles. The van der Waals surface area contributed by atoms with Crippen LogP contribution < -0.4 is 0 Å². The molecule has 0 aliphatic rings. The summed E-state index contributed by atoms with van der Waals surface area (Å²) in [6, 6.07) is 0. The highest BCUT2D eigenvalue weighted by Crippen LogP contribution is 2.05. The molecule has 13 heavy (non-hydrogen) atoms. The predicted molar refractivity (Wildman–Crippen MR) is 54.5 cm³/mol. The van der Waals surface area contributed by atoms with E-state index in [9.17, 15) is 4.79 Å². The molecule has 0 saturated heterocycles. The van der Waals surface area contributed by atoms with Crippen molar-refractivity contribution in [3.63, 3.8) is 0 Å². The van der Waals surface area contributed by atoms with E-state index in [1.54, 1.807) is 0 Å². The average Bonchev–Trinajstić information content (AvgIpc) is 2.03. The molecule has 1 unspecified atom stereocenters. The first kappa shape index (κ1) is 12.2. The van der Waals surface area contributed by atoms with Crippen molar-refractivity contribution in [2.45, 2.75) is 53.1 Å². The Kier molecular flexibility index (Phi) is 6.29. The van der Waals surface area contributed by atoms with Crippen LogP contribution in [-0.4, -0.2) is 12.1 Å². The fraction of sp³-hybridized carbons (Fsp3) is 0.727. The molecular weight excluding hydrogens is 164 g/mol. The Hall–Kier alpha value is -0.790. The van der Waals surface area contributed by atoms with Gasteiger partial charge in [0.05, 0.1) is 6.10 Å². The number of ether oxygens (including phenoxy) is 1. The second-order valence-electron chi connectivity index (χ2n) is 3.51. The van der Waals surface area contributed by atoms with E-state index in [2.05, 4.69) is 19.9 Å². The summed E-state index contributed by atoms with van der Waals surface area (Å²) in [5.74, 6) is -0.107. The van der Waals surface area contributed by atoms with Gasteiger partial charge in [-0.25, -0.2) is 0 Å². The summed E-state index contributed by atoms with van der Waals surface area (Å²) < 4.78 is 5.11. The predicted octanol–water partition coefficient (Wildman–Crippen LogP) is 3.07. The van der Waals surface area contributed by atoms with E-state index in [1.807, 2.05) is 13.8 Å². The van der Waals surface area contributed by atoms with Crippen molar-refractivity contribution in [3.05, 3.63) is 11.6 Å². The molecule has 0 amide bonds. The average molecular weight is 184 g/mol. The third kappa shape index (κ3) is 7.57. The second kappa shape index (κ2) is 6.70. The van der Waals surface area contributed by atoms with Gasteiger partial charge in [0, 0.05) is 6.42 Å². The summed E-state index contributed by atoms with van der Waals surface area (Å²) in [7, 11) is 0. The molecule has 0 rings (SSSR count). The maximum Gasteiger partial charge on any atom is 0.305 e.